The van der Waals surface area contributed by atoms with Crippen LogP contribution in [0.1, 0.15) is 0 Å². The average molecular weight is 295 g/mol. The summed E-state index contributed by atoms with van der Waals surface area (Å²) >= 11 is 11.8. The highest BCUT2D eigenvalue weighted by Gasteiger charge is 2.34. The van der Waals surface area contributed by atoms with E-state index in [0.29, 0.717) is 13.1 Å². The molecule has 1 aliphatic rings. The van der Waals surface area contributed by atoms with Crippen LogP contribution in [0, 0.1) is 0 Å². The Hall–Kier alpha value is -0.330. The molecule has 0 unspecified atom stereocenters. The van der Waals surface area contributed by atoms with Gasteiger partial charge in [-0.2, -0.15) is 4.31 Å². The molecule has 0 saturated carbocycles. The molecule has 1 N–H and O–H groups in total. The molecule has 0 atom stereocenters. The van der Waals surface area contributed by atoms with Crippen molar-refractivity contribution in [2.45, 2.75) is 10.9 Å². The van der Waals surface area contributed by atoms with Gasteiger partial charge in [0.2, 0.25) is 10.0 Å². The number of nitrogens with one attached hydrogen (secondary N) is 1. The van der Waals surface area contributed by atoms with Gasteiger partial charge in [0.25, 0.3) is 0 Å². The zero-order chi connectivity index (χ0) is 12.6. The van der Waals surface area contributed by atoms with E-state index in [1.807, 2.05) is 0 Å². The summed E-state index contributed by atoms with van der Waals surface area (Å²) in [5.74, 6) is 0. The van der Waals surface area contributed by atoms with Gasteiger partial charge in [-0.15, -0.1) is 0 Å². The zero-order valence-electron chi connectivity index (χ0n) is 9.15. The number of nitrogens with zero attached hydrogens (tertiary/aromatic N) is 1. The van der Waals surface area contributed by atoms with Crippen molar-refractivity contribution < 1.29 is 8.42 Å². The smallest absolute Gasteiger partial charge is 0.246 e. The maximum atomic E-state index is 12.3. The van der Waals surface area contributed by atoms with E-state index in [2.05, 4.69) is 5.32 Å². The van der Waals surface area contributed by atoms with Gasteiger partial charge in [0, 0.05) is 26.2 Å². The summed E-state index contributed by atoms with van der Waals surface area (Å²) in [5, 5.41) is 3.32. The first-order valence-electron chi connectivity index (χ1n) is 5.07. The van der Waals surface area contributed by atoms with Gasteiger partial charge in [0.1, 0.15) is 4.90 Å². The molecular formula is C10H12Cl2N2O2S. The van der Waals surface area contributed by atoms with Crippen molar-refractivity contribution in [2.24, 2.45) is 0 Å². The fourth-order valence-electron chi connectivity index (χ4n) is 1.60. The Morgan fingerprint density at radius 2 is 1.82 bits per heavy atom. The maximum Gasteiger partial charge on any atom is 0.246 e. The quantitative estimate of drug-likeness (QED) is 0.921. The number of halogens is 2. The van der Waals surface area contributed by atoms with Gasteiger partial charge in [0.15, 0.2) is 0 Å². The maximum absolute atomic E-state index is 12.3. The third-order valence-corrected chi connectivity index (χ3v) is 5.70. The van der Waals surface area contributed by atoms with Crippen LogP contribution in [0.2, 0.25) is 10.0 Å². The summed E-state index contributed by atoms with van der Waals surface area (Å²) < 4.78 is 26.0. The van der Waals surface area contributed by atoms with Crippen LogP contribution >= 0.6 is 23.2 Å². The van der Waals surface area contributed by atoms with E-state index in [0.717, 1.165) is 0 Å². The van der Waals surface area contributed by atoms with Crippen LogP contribution in [-0.2, 0) is 10.0 Å². The predicted octanol–water partition coefficient (Wildman–Crippen LogP) is 1.59. The lowest BCUT2D eigenvalue weighted by atomic mass is 10.2. The van der Waals surface area contributed by atoms with Crippen molar-refractivity contribution in [1.82, 2.24) is 9.62 Å². The lowest BCUT2D eigenvalue weighted by Crippen LogP contribution is -2.57. The van der Waals surface area contributed by atoms with Crippen molar-refractivity contribution in [2.75, 3.05) is 20.1 Å². The Kier molecular flexibility index (Phi) is 3.66. The van der Waals surface area contributed by atoms with E-state index in [-0.39, 0.29) is 21.0 Å². The zero-order valence-corrected chi connectivity index (χ0v) is 11.5. The highest BCUT2D eigenvalue weighted by molar-refractivity contribution is 7.89. The molecule has 1 aliphatic heterocycles. The summed E-state index contributed by atoms with van der Waals surface area (Å²) in [5.41, 5.74) is 0. The first-order chi connectivity index (χ1) is 7.94. The molecule has 1 fully saturated rings. The average Bonchev–Trinajstić information content (AvgIpc) is 2.13. The van der Waals surface area contributed by atoms with Crippen LogP contribution in [-0.4, -0.2) is 38.9 Å². The molecule has 7 heteroatoms. The summed E-state index contributed by atoms with van der Waals surface area (Å²) in [6.45, 7) is 1.30. The molecule has 0 amide bonds. The molecule has 0 spiro atoms. The number of likely N-dealkylation sites (N-methyl/N-ethyl adjacent to an activating group) is 1. The number of benzene rings is 1. The minimum atomic E-state index is -3.63. The molecule has 2 rings (SSSR count). The van der Waals surface area contributed by atoms with E-state index in [1.165, 1.54) is 16.4 Å². The molecule has 1 aromatic carbocycles. The molecule has 1 aromatic rings. The van der Waals surface area contributed by atoms with Gasteiger partial charge >= 0.3 is 0 Å². The Balaban J connectivity index is 2.44. The van der Waals surface area contributed by atoms with Gasteiger partial charge in [-0.05, 0) is 12.1 Å². The van der Waals surface area contributed by atoms with Crippen molar-refractivity contribution in [3.05, 3.63) is 28.2 Å². The van der Waals surface area contributed by atoms with Crippen molar-refractivity contribution >= 4 is 33.2 Å². The second-order valence-electron chi connectivity index (χ2n) is 3.88. The first kappa shape index (κ1) is 13.1. The van der Waals surface area contributed by atoms with Gasteiger partial charge in [-0.25, -0.2) is 8.42 Å². The molecule has 0 aliphatic carbocycles. The van der Waals surface area contributed by atoms with E-state index < -0.39 is 10.0 Å². The van der Waals surface area contributed by atoms with Crippen LogP contribution in [0.15, 0.2) is 23.1 Å². The van der Waals surface area contributed by atoms with Crippen LogP contribution in [0.3, 0.4) is 0 Å². The molecular weight excluding hydrogens is 283 g/mol. The molecule has 0 bridgehead atoms. The number of sulfonamides is 1. The molecule has 17 heavy (non-hydrogen) atoms. The molecule has 0 radical (unpaired) electrons. The number of rotatable bonds is 3. The summed E-state index contributed by atoms with van der Waals surface area (Å²) in [6, 6.07) is 4.63. The lowest BCUT2D eigenvalue weighted by molar-refractivity contribution is 0.274. The summed E-state index contributed by atoms with van der Waals surface area (Å²) in [7, 11) is -2.09. The third kappa shape index (κ3) is 2.30. The molecule has 1 saturated heterocycles. The minimum absolute atomic E-state index is 0.0160. The SMILES string of the molecule is CN(C1CNC1)S(=O)(=O)c1c(Cl)cccc1Cl. The van der Waals surface area contributed by atoms with Gasteiger partial charge in [0.05, 0.1) is 10.0 Å². The van der Waals surface area contributed by atoms with Crippen LogP contribution in [0.4, 0.5) is 0 Å². The Labute approximate surface area is 111 Å². The molecule has 0 aromatic heterocycles. The molecule has 94 valence electrons. The van der Waals surface area contributed by atoms with E-state index in [9.17, 15) is 8.42 Å². The van der Waals surface area contributed by atoms with Gasteiger partial charge in [-0.3, -0.25) is 0 Å². The van der Waals surface area contributed by atoms with Crippen LogP contribution in [0.25, 0.3) is 0 Å². The molecule has 4 nitrogen and oxygen atoms in total. The van der Waals surface area contributed by atoms with E-state index in [4.69, 9.17) is 23.2 Å². The van der Waals surface area contributed by atoms with E-state index in [1.54, 1.807) is 13.1 Å². The second-order valence-corrected chi connectivity index (χ2v) is 6.63. The van der Waals surface area contributed by atoms with Crippen LogP contribution < -0.4 is 5.32 Å². The van der Waals surface area contributed by atoms with Crippen molar-refractivity contribution in [1.29, 1.82) is 0 Å². The number of hydrogen-bond donors (Lipinski definition) is 1. The topological polar surface area (TPSA) is 49.4 Å². The third-order valence-electron chi connectivity index (χ3n) is 2.83. The monoisotopic (exact) mass is 294 g/mol. The largest absolute Gasteiger partial charge is 0.313 e. The summed E-state index contributed by atoms with van der Waals surface area (Å²) in [4.78, 5) is -0.0160. The Bertz CT molecular complexity index is 509. The van der Waals surface area contributed by atoms with Gasteiger partial charge < -0.3 is 5.32 Å². The predicted molar refractivity (Wildman–Crippen MR) is 68.1 cm³/mol. The highest BCUT2D eigenvalue weighted by Crippen LogP contribution is 2.31. The first-order valence-corrected chi connectivity index (χ1v) is 7.27. The summed E-state index contributed by atoms with van der Waals surface area (Å²) in [6.07, 6.45) is 0. The van der Waals surface area contributed by atoms with Crippen molar-refractivity contribution in [3.8, 4) is 0 Å². The van der Waals surface area contributed by atoms with Gasteiger partial charge in [-0.1, -0.05) is 29.3 Å². The minimum Gasteiger partial charge on any atom is -0.313 e. The fraction of sp³-hybridized carbons (Fsp3) is 0.400. The Morgan fingerprint density at radius 3 is 2.24 bits per heavy atom. The van der Waals surface area contributed by atoms with Crippen molar-refractivity contribution in [3.63, 3.8) is 0 Å². The number of hydrogen-bond acceptors (Lipinski definition) is 3. The Morgan fingerprint density at radius 1 is 1.29 bits per heavy atom. The van der Waals surface area contributed by atoms with E-state index >= 15 is 0 Å². The fourth-order valence-corrected chi connectivity index (χ4v) is 4.04. The second kappa shape index (κ2) is 4.74. The van der Waals surface area contributed by atoms with Crippen LogP contribution in [0.5, 0.6) is 0 Å². The lowest BCUT2D eigenvalue weighted by Gasteiger charge is -2.34. The standard InChI is InChI=1S/C10H12Cl2N2O2S/c1-14(7-5-13-6-7)17(15,16)10-8(11)3-2-4-9(10)12/h2-4,7,13H,5-6H2,1H3. The normalized spacial score (nSPS) is 17.2. The molecule has 1 heterocycles. The highest BCUT2D eigenvalue weighted by atomic mass is 35.5.